The highest BCUT2D eigenvalue weighted by Gasteiger charge is 2.17. The third-order valence-electron chi connectivity index (χ3n) is 3.20. The second-order valence-corrected chi connectivity index (χ2v) is 5.41. The molecule has 0 aliphatic carbocycles. The summed E-state index contributed by atoms with van der Waals surface area (Å²) in [5, 5.41) is 2.96. The molecule has 0 spiro atoms. The number of hydrogen-bond acceptors (Lipinski definition) is 3. The van der Waals surface area contributed by atoms with E-state index in [0.29, 0.717) is 6.54 Å². The Balaban J connectivity index is 1.98. The largest absolute Gasteiger partial charge is 0.376 e. The van der Waals surface area contributed by atoms with Gasteiger partial charge in [-0.1, -0.05) is 6.07 Å². The van der Waals surface area contributed by atoms with Crippen molar-refractivity contribution >= 4 is 17.7 Å². The zero-order valence-electron chi connectivity index (χ0n) is 10.9. The predicted octanol–water partition coefficient (Wildman–Crippen LogP) is 2.63. The minimum absolute atomic E-state index is 0.00102. The number of nitrogens with one attached hydrogen (secondary N) is 1. The van der Waals surface area contributed by atoms with Crippen LogP contribution < -0.4 is 5.32 Å². The van der Waals surface area contributed by atoms with Gasteiger partial charge in [0.05, 0.1) is 6.10 Å². The Labute approximate surface area is 112 Å². The van der Waals surface area contributed by atoms with Crippen LogP contribution in [0, 0.1) is 6.92 Å². The molecule has 2 rings (SSSR count). The average Bonchev–Trinajstić information content (AvgIpc) is 2.89. The van der Waals surface area contributed by atoms with E-state index >= 15 is 0 Å². The standard InChI is InChI=1S/C14H19NO2S/c1-10-5-6-12(18-2)8-13(10)14(16)15-9-11-4-3-7-17-11/h5-6,8,11H,3-4,7,9H2,1-2H3,(H,15,16)/t11-/m0/s1. The van der Waals surface area contributed by atoms with Crippen molar-refractivity contribution in [2.24, 2.45) is 0 Å². The van der Waals surface area contributed by atoms with E-state index in [0.717, 1.165) is 35.5 Å². The monoisotopic (exact) mass is 265 g/mol. The maximum absolute atomic E-state index is 12.1. The molecule has 1 aromatic rings. The van der Waals surface area contributed by atoms with Gasteiger partial charge in [0.15, 0.2) is 0 Å². The van der Waals surface area contributed by atoms with Crippen molar-refractivity contribution in [2.75, 3.05) is 19.4 Å². The molecule has 1 N–H and O–H groups in total. The molecule has 1 fully saturated rings. The molecule has 0 radical (unpaired) electrons. The van der Waals surface area contributed by atoms with Gasteiger partial charge in [0, 0.05) is 23.6 Å². The number of hydrogen-bond donors (Lipinski definition) is 1. The highest BCUT2D eigenvalue weighted by Crippen LogP contribution is 2.19. The molecule has 0 unspecified atom stereocenters. The average molecular weight is 265 g/mol. The van der Waals surface area contributed by atoms with E-state index in [2.05, 4.69) is 5.32 Å². The summed E-state index contributed by atoms with van der Waals surface area (Å²) in [5.41, 5.74) is 1.78. The number of benzene rings is 1. The molecule has 4 heteroatoms. The van der Waals surface area contributed by atoms with Crippen LogP contribution in [0.25, 0.3) is 0 Å². The summed E-state index contributed by atoms with van der Waals surface area (Å²) in [4.78, 5) is 13.2. The Morgan fingerprint density at radius 2 is 2.39 bits per heavy atom. The summed E-state index contributed by atoms with van der Waals surface area (Å²) in [7, 11) is 0. The number of carbonyl (C=O) groups is 1. The third kappa shape index (κ3) is 3.27. The van der Waals surface area contributed by atoms with E-state index in [-0.39, 0.29) is 12.0 Å². The summed E-state index contributed by atoms with van der Waals surface area (Å²) < 4.78 is 5.50. The molecule has 1 aliphatic rings. The second kappa shape index (κ2) is 6.25. The van der Waals surface area contributed by atoms with Crippen molar-refractivity contribution in [3.05, 3.63) is 29.3 Å². The van der Waals surface area contributed by atoms with Crippen LogP contribution in [0.3, 0.4) is 0 Å². The first-order valence-corrected chi connectivity index (χ1v) is 7.47. The maximum atomic E-state index is 12.1. The first-order chi connectivity index (χ1) is 8.70. The van der Waals surface area contributed by atoms with E-state index < -0.39 is 0 Å². The summed E-state index contributed by atoms with van der Waals surface area (Å²) in [6.45, 7) is 3.40. The van der Waals surface area contributed by atoms with Gasteiger partial charge in [-0.05, 0) is 43.7 Å². The van der Waals surface area contributed by atoms with Crippen LogP contribution in [0.1, 0.15) is 28.8 Å². The number of aryl methyl sites for hydroxylation is 1. The molecule has 1 saturated heterocycles. The molecule has 1 aliphatic heterocycles. The Morgan fingerprint density at radius 3 is 3.06 bits per heavy atom. The molecule has 1 amide bonds. The van der Waals surface area contributed by atoms with Gasteiger partial charge in [0.2, 0.25) is 0 Å². The van der Waals surface area contributed by atoms with Crippen LogP contribution in [0.4, 0.5) is 0 Å². The smallest absolute Gasteiger partial charge is 0.251 e. The minimum atomic E-state index is -0.00102. The fourth-order valence-electron chi connectivity index (χ4n) is 2.08. The molecule has 0 bridgehead atoms. The number of rotatable bonds is 4. The van der Waals surface area contributed by atoms with Crippen LogP contribution in [0.2, 0.25) is 0 Å². The number of thioether (sulfide) groups is 1. The third-order valence-corrected chi connectivity index (χ3v) is 3.93. The van der Waals surface area contributed by atoms with Crippen LogP contribution in [0.5, 0.6) is 0 Å². The predicted molar refractivity (Wildman–Crippen MR) is 74.3 cm³/mol. The number of carbonyl (C=O) groups excluding carboxylic acids is 1. The molecular formula is C14H19NO2S. The summed E-state index contributed by atoms with van der Waals surface area (Å²) in [6.07, 6.45) is 4.35. The Morgan fingerprint density at radius 1 is 1.56 bits per heavy atom. The van der Waals surface area contributed by atoms with Crippen molar-refractivity contribution in [3.63, 3.8) is 0 Å². The van der Waals surface area contributed by atoms with Crippen molar-refractivity contribution in [1.82, 2.24) is 5.32 Å². The van der Waals surface area contributed by atoms with E-state index in [4.69, 9.17) is 4.74 Å². The van der Waals surface area contributed by atoms with Gasteiger partial charge in [-0.15, -0.1) is 11.8 Å². The summed E-state index contributed by atoms with van der Waals surface area (Å²) in [5.74, 6) is -0.00102. The van der Waals surface area contributed by atoms with Crippen molar-refractivity contribution in [1.29, 1.82) is 0 Å². The van der Waals surface area contributed by atoms with E-state index in [1.54, 1.807) is 11.8 Å². The lowest BCUT2D eigenvalue weighted by atomic mass is 10.1. The topological polar surface area (TPSA) is 38.3 Å². The van der Waals surface area contributed by atoms with Gasteiger partial charge in [-0.2, -0.15) is 0 Å². The molecule has 1 aromatic carbocycles. The number of ether oxygens (including phenoxy) is 1. The molecule has 0 aromatic heterocycles. The molecule has 1 atom stereocenters. The summed E-state index contributed by atoms with van der Waals surface area (Å²) >= 11 is 1.65. The summed E-state index contributed by atoms with van der Waals surface area (Å²) in [6, 6.07) is 5.98. The van der Waals surface area contributed by atoms with E-state index in [9.17, 15) is 4.79 Å². The minimum Gasteiger partial charge on any atom is -0.376 e. The normalized spacial score (nSPS) is 18.9. The number of amides is 1. The molecule has 0 saturated carbocycles. The molecule has 98 valence electrons. The van der Waals surface area contributed by atoms with Crippen molar-refractivity contribution in [2.45, 2.75) is 30.8 Å². The van der Waals surface area contributed by atoms with Gasteiger partial charge >= 0.3 is 0 Å². The first-order valence-electron chi connectivity index (χ1n) is 6.25. The molecular weight excluding hydrogens is 246 g/mol. The van der Waals surface area contributed by atoms with Gasteiger partial charge < -0.3 is 10.1 Å². The molecule has 18 heavy (non-hydrogen) atoms. The molecule has 1 heterocycles. The van der Waals surface area contributed by atoms with Crippen LogP contribution in [0.15, 0.2) is 23.1 Å². The Hall–Kier alpha value is -1.00. The Kier molecular flexibility index (Phi) is 4.66. The zero-order valence-corrected chi connectivity index (χ0v) is 11.7. The SMILES string of the molecule is CSc1ccc(C)c(C(=O)NC[C@@H]2CCCO2)c1. The van der Waals surface area contributed by atoms with Crippen molar-refractivity contribution in [3.8, 4) is 0 Å². The van der Waals surface area contributed by atoms with Crippen molar-refractivity contribution < 1.29 is 9.53 Å². The lowest BCUT2D eigenvalue weighted by Crippen LogP contribution is -2.32. The van der Waals surface area contributed by atoms with E-state index in [1.165, 1.54) is 0 Å². The van der Waals surface area contributed by atoms with Crippen LogP contribution in [-0.2, 0) is 4.74 Å². The highest BCUT2D eigenvalue weighted by atomic mass is 32.2. The first kappa shape index (κ1) is 13.4. The van der Waals surface area contributed by atoms with Gasteiger partial charge in [0.25, 0.3) is 5.91 Å². The van der Waals surface area contributed by atoms with Gasteiger partial charge in [-0.25, -0.2) is 0 Å². The van der Waals surface area contributed by atoms with Crippen LogP contribution in [-0.4, -0.2) is 31.4 Å². The second-order valence-electron chi connectivity index (χ2n) is 4.53. The van der Waals surface area contributed by atoms with Gasteiger partial charge in [0.1, 0.15) is 0 Å². The zero-order chi connectivity index (χ0) is 13.0. The quantitative estimate of drug-likeness (QED) is 0.851. The van der Waals surface area contributed by atoms with E-state index in [1.807, 2.05) is 31.4 Å². The fraction of sp³-hybridized carbons (Fsp3) is 0.500. The highest BCUT2D eigenvalue weighted by molar-refractivity contribution is 7.98. The molecule has 3 nitrogen and oxygen atoms in total. The maximum Gasteiger partial charge on any atom is 0.251 e. The Bertz CT molecular complexity index is 428. The lowest BCUT2D eigenvalue weighted by molar-refractivity contribution is 0.0857. The lowest BCUT2D eigenvalue weighted by Gasteiger charge is -2.12. The fourth-order valence-corrected chi connectivity index (χ4v) is 2.52. The van der Waals surface area contributed by atoms with Crippen LogP contribution >= 0.6 is 11.8 Å². The van der Waals surface area contributed by atoms with Gasteiger partial charge in [-0.3, -0.25) is 4.79 Å².